The highest BCUT2D eigenvalue weighted by atomic mass is 16.5. The third-order valence-electron chi connectivity index (χ3n) is 4.40. The molecule has 4 nitrogen and oxygen atoms in total. The molecule has 1 aliphatic rings. The van der Waals surface area contributed by atoms with Gasteiger partial charge in [-0.3, -0.25) is 0 Å². The van der Waals surface area contributed by atoms with E-state index in [9.17, 15) is 5.11 Å². The Hall–Kier alpha value is -2.04. The zero-order valence-corrected chi connectivity index (χ0v) is 13.0. The predicted octanol–water partition coefficient (Wildman–Crippen LogP) is 2.48. The van der Waals surface area contributed by atoms with Crippen LogP contribution in [0.5, 0.6) is 5.75 Å². The van der Waals surface area contributed by atoms with Gasteiger partial charge >= 0.3 is 0 Å². The molecular formula is C18H22N2O2. The Morgan fingerprint density at radius 2 is 2.05 bits per heavy atom. The van der Waals surface area contributed by atoms with E-state index >= 15 is 0 Å². The fourth-order valence-corrected chi connectivity index (χ4v) is 3.18. The van der Waals surface area contributed by atoms with Gasteiger partial charge in [0.1, 0.15) is 5.75 Å². The molecule has 0 amide bonds. The van der Waals surface area contributed by atoms with Crippen LogP contribution in [0.3, 0.4) is 0 Å². The maximum atomic E-state index is 9.62. The third kappa shape index (κ3) is 2.67. The fraction of sp³-hybridized carbons (Fsp3) is 0.333. The molecule has 22 heavy (non-hydrogen) atoms. The first-order valence-corrected chi connectivity index (χ1v) is 7.56. The molecule has 0 saturated heterocycles. The van der Waals surface area contributed by atoms with Crippen LogP contribution in [-0.4, -0.2) is 25.3 Å². The topological polar surface area (TPSA) is 53.5 Å². The minimum absolute atomic E-state index is 0.0158. The van der Waals surface area contributed by atoms with E-state index in [1.54, 1.807) is 7.11 Å². The smallest absolute Gasteiger partial charge is 0.119 e. The number of benzene rings is 2. The number of ether oxygens (including phenoxy) is 1. The van der Waals surface area contributed by atoms with Crippen LogP contribution < -0.4 is 15.4 Å². The Kier molecular flexibility index (Phi) is 4.32. The molecule has 0 bridgehead atoms. The van der Waals surface area contributed by atoms with Gasteiger partial charge in [0.2, 0.25) is 0 Å². The summed E-state index contributed by atoms with van der Waals surface area (Å²) in [6.07, 6.45) is 1.01. The van der Waals surface area contributed by atoms with Crippen LogP contribution in [0.4, 0.5) is 5.69 Å². The molecule has 2 atom stereocenters. The van der Waals surface area contributed by atoms with Gasteiger partial charge in [0.05, 0.1) is 19.8 Å². The van der Waals surface area contributed by atoms with Gasteiger partial charge in [-0.1, -0.05) is 24.3 Å². The molecule has 116 valence electrons. The number of methoxy groups -OCH3 is 1. The van der Waals surface area contributed by atoms with Gasteiger partial charge in [-0.25, -0.2) is 0 Å². The number of aliphatic hydroxyl groups is 1. The van der Waals surface area contributed by atoms with Gasteiger partial charge < -0.3 is 20.5 Å². The quantitative estimate of drug-likeness (QED) is 0.794. The van der Waals surface area contributed by atoms with E-state index < -0.39 is 0 Å². The Bertz CT molecular complexity index is 657. The molecule has 0 heterocycles. The van der Waals surface area contributed by atoms with Crippen molar-refractivity contribution in [3.8, 4) is 5.75 Å². The monoisotopic (exact) mass is 298 g/mol. The van der Waals surface area contributed by atoms with E-state index in [0.717, 1.165) is 23.4 Å². The van der Waals surface area contributed by atoms with Gasteiger partial charge in [0, 0.05) is 17.3 Å². The van der Waals surface area contributed by atoms with E-state index in [4.69, 9.17) is 4.74 Å². The second kappa shape index (κ2) is 6.38. The lowest BCUT2D eigenvalue weighted by Crippen LogP contribution is -2.33. The number of likely N-dealkylation sites (N-methyl/N-ethyl adjacent to an activating group) is 1. The summed E-state index contributed by atoms with van der Waals surface area (Å²) in [6, 6.07) is 14.8. The van der Waals surface area contributed by atoms with Crippen LogP contribution in [0.2, 0.25) is 0 Å². The number of hydrogen-bond acceptors (Lipinski definition) is 4. The highest BCUT2D eigenvalue weighted by Crippen LogP contribution is 2.35. The van der Waals surface area contributed by atoms with Crippen molar-refractivity contribution in [2.75, 3.05) is 19.5 Å². The van der Waals surface area contributed by atoms with Crippen LogP contribution >= 0.6 is 0 Å². The lowest BCUT2D eigenvalue weighted by Gasteiger charge is -2.24. The predicted molar refractivity (Wildman–Crippen MR) is 88.3 cm³/mol. The van der Waals surface area contributed by atoms with Crippen molar-refractivity contribution < 1.29 is 9.84 Å². The number of aliphatic hydroxyl groups excluding tert-OH is 1. The molecule has 1 aliphatic carbocycles. The maximum absolute atomic E-state index is 9.62. The molecule has 3 rings (SSSR count). The molecule has 0 fully saturated rings. The minimum Gasteiger partial charge on any atom is -0.497 e. The zero-order chi connectivity index (χ0) is 15.5. The van der Waals surface area contributed by atoms with Gasteiger partial charge in [0.25, 0.3) is 0 Å². The average molecular weight is 298 g/mol. The molecule has 0 saturated carbocycles. The number of anilines is 1. The first-order chi connectivity index (χ1) is 10.8. The molecule has 0 spiro atoms. The van der Waals surface area contributed by atoms with Gasteiger partial charge in [0.15, 0.2) is 0 Å². The van der Waals surface area contributed by atoms with E-state index in [1.165, 1.54) is 11.1 Å². The van der Waals surface area contributed by atoms with E-state index in [1.807, 2.05) is 25.2 Å². The molecule has 2 aromatic rings. The molecule has 3 N–H and O–H groups in total. The van der Waals surface area contributed by atoms with Crippen LogP contribution in [-0.2, 0) is 13.0 Å². The molecule has 0 aromatic heterocycles. The minimum atomic E-state index is -0.0158. The zero-order valence-electron chi connectivity index (χ0n) is 13.0. The van der Waals surface area contributed by atoms with Gasteiger partial charge in [-0.2, -0.15) is 0 Å². The van der Waals surface area contributed by atoms with Gasteiger partial charge in [-0.05, 0) is 42.8 Å². The van der Waals surface area contributed by atoms with Crippen LogP contribution in [0.15, 0.2) is 42.5 Å². The SMILES string of the molecule is CN[C@@H]1Cc2ccccc2[C@H]1Nc1ccc(OC)cc1CO. The van der Waals surface area contributed by atoms with Crippen molar-refractivity contribution >= 4 is 5.69 Å². The average Bonchev–Trinajstić information content (AvgIpc) is 2.93. The summed E-state index contributed by atoms with van der Waals surface area (Å²) in [7, 11) is 3.63. The highest BCUT2D eigenvalue weighted by molar-refractivity contribution is 5.57. The largest absolute Gasteiger partial charge is 0.497 e. The van der Waals surface area contributed by atoms with Crippen LogP contribution in [0, 0.1) is 0 Å². The molecule has 4 heteroatoms. The molecule has 0 unspecified atom stereocenters. The van der Waals surface area contributed by atoms with Crippen molar-refractivity contribution in [1.82, 2.24) is 5.32 Å². The Balaban J connectivity index is 1.91. The summed E-state index contributed by atoms with van der Waals surface area (Å²) in [5.74, 6) is 0.756. The van der Waals surface area contributed by atoms with E-state index in [0.29, 0.717) is 6.04 Å². The van der Waals surface area contributed by atoms with Crippen molar-refractivity contribution in [1.29, 1.82) is 0 Å². The standard InChI is InChI=1S/C18H22N2O2/c1-19-17-10-12-5-3-4-6-15(12)18(17)20-16-8-7-14(22-2)9-13(16)11-21/h3-9,17-21H,10-11H2,1-2H3/t17-,18-/m1/s1. The summed E-state index contributed by atoms with van der Waals surface area (Å²) in [5.41, 5.74) is 4.49. The van der Waals surface area contributed by atoms with E-state index in [2.05, 4.69) is 34.9 Å². The third-order valence-corrected chi connectivity index (χ3v) is 4.40. The number of rotatable bonds is 5. The van der Waals surface area contributed by atoms with E-state index in [-0.39, 0.29) is 12.6 Å². The molecule has 0 radical (unpaired) electrons. The Morgan fingerprint density at radius 3 is 2.77 bits per heavy atom. The molecule has 0 aliphatic heterocycles. The number of nitrogens with one attached hydrogen (secondary N) is 2. The summed E-state index contributed by atoms with van der Waals surface area (Å²) in [6.45, 7) is -0.0158. The second-order valence-electron chi connectivity index (χ2n) is 5.60. The Morgan fingerprint density at radius 1 is 1.23 bits per heavy atom. The van der Waals surface area contributed by atoms with Crippen molar-refractivity contribution in [2.45, 2.75) is 25.1 Å². The summed E-state index contributed by atoms with van der Waals surface area (Å²) < 4.78 is 5.23. The summed E-state index contributed by atoms with van der Waals surface area (Å²) in [4.78, 5) is 0. The van der Waals surface area contributed by atoms with Crippen LogP contribution in [0.1, 0.15) is 22.7 Å². The summed E-state index contributed by atoms with van der Waals surface area (Å²) >= 11 is 0. The summed E-state index contributed by atoms with van der Waals surface area (Å²) in [5, 5.41) is 16.6. The van der Waals surface area contributed by atoms with Crippen molar-refractivity contribution in [3.63, 3.8) is 0 Å². The maximum Gasteiger partial charge on any atom is 0.119 e. The fourth-order valence-electron chi connectivity index (χ4n) is 3.18. The molecular weight excluding hydrogens is 276 g/mol. The first-order valence-electron chi connectivity index (χ1n) is 7.56. The number of fused-ring (bicyclic) bond motifs is 1. The van der Waals surface area contributed by atoms with Crippen molar-refractivity contribution in [3.05, 3.63) is 59.2 Å². The molecule has 2 aromatic carbocycles. The lowest BCUT2D eigenvalue weighted by atomic mass is 10.1. The first kappa shape index (κ1) is 14.9. The lowest BCUT2D eigenvalue weighted by molar-refractivity contribution is 0.281. The normalized spacial score (nSPS) is 19.8. The van der Waals surface area contributed by atoms with Crippen molar-refractivity contribution in [2.24, 2.45) is 0 Å². The second-order valence-corrected chi connectivity index (χ2v) is 5.60. The number of hydrogen-bond donors (Lipinski definition) is 3. The Labute approximate surface area is 131 Å². The van der Waals surface area contributed by atoms with Crippen LogP contribution in [0.25, 0.3) is 0 Å². The highest BCUT2D eigenvalue weighted by Gasteiger charge is 2.31. The van der Waals surface area contributed by atoms with Gasteiger partial charge in [-0.15, -0.1) is 0 Å².